The third-order valence-corrected chi connectivity index (χ3v) is 4.83. The summed E-state index contributed by atoms with van der Waals surface area (Å²) in [7, 11) is 0. The van der Waals surface area contributed by atoms with Crippen LogP contribution in [0.2, 0.25) is 0 Å². The first-order chi connectivity index (χ1) is 7.70. The van der Waals surface area contributed by atoms with E-state index in [1.165, 1.54) is 38.5 Å². The van der Waals surface area contributed by atoms with Crippen molar-refractivity contribution in [1.82, 2.24) is 0 Å². The molecule has 0 nitrogen and oxygen atoms in total. The Morgan fingerprint density at radius 1 is 1.31 bits per heavy atom. The van der Waals surface area contributed by atoms with Crippen LogP contribution in [0.25, 0.3) is 0 Å². The highest BCUT2D eigenvalue weighted by Crippen LogP contribution is 2.44. The van der Waals surface area contributed by atoms with Crippen LogP contribution in [-0.2, 0) is 0 Å². The molecule has 1 saturated carbocycles. The lowest BCUT2D eigenvalue weighted by Gasteiger charge is -2.39. The van der Waals surface area contributed by atoms with Gasteiger partial charge in [-0.05, 0) is 62.2 Å². The minimum absolute atomic E-state index is 0.813. The van der Waals surface area contributed by atoms with Crippen LogP contribution in [0.15, 0.2) is 11.6 Å². The Morgan fingerprint density at radius 2 is 2.12 bits per heavy atom. The Bertz CT molecular complexity index is 256. The van der Waals surface area contributed by atoms with Crippen molar-refractivity contribution in [3.05, 3.63) is 11.6 Å². The first kappa shape index (κ1) is 12.5. The summed E-state index contributed by atoms with van der Waals surface area (Å²) in [5.41, 5.74) is 1.79. The first-order valence-electron chi connectivity index (χ1n) is 6.97. The summed E-state index contributed by atoms with van der Waals surface area (Å²) >= 11 is 5.79. The molecule has 2 aliphatic rings. The molecular formula is C15H25Cl. The molecule has 0 aliphatic heterocycles. The molecule has 0 bridgehead atoms. The SMILES string of the molecule is CC1C=C2CC(CCCCl)CCC2C(C)C1. The summed E-state index contributed by atoms with van der Waals surface area (Å²) in [5, 5.41) is 0. The van der Waals surface area contributed by atoms with Crippen molar-refractivity contribution in [3.63, 3.8) is 0 Å². The molecule has 0 spiro atoms. The van der Waals surface area contributed by atoms with Gasteiger partial charge in [-0.2, -0.15) is 0 Å². The van der Waals surface area contributed by atoms with Gasteiger partial charge < -0.3 is 0 Å². The lowest BCUT2D eigenvalue weighted by molar-refractivity contribution is 0.235. The second-order valence-electron chi connectivity index (χ2n) is 6.02. The second-order valence-corrected chi connectivity index (χ2v) is 6.40. The standard InChI is InChI=1S/C15H25Cl/c1-11-8-12(2)15-6-5-13(4-3-7-16)10-14(15)9-11/h9,11-13,15H,3-8,10H2,1-2H3. The van der Waals surface area contributed by atoms with Crippen molar-refractivity contribution in [3.8, 4) is 0 Å². The Labute approximate surface area is 105 Å². The van der Waals surface area contributed by atoms with E-state index >= 15 is 0 Å². The maximum atomic E-state index is 5.79. The number of hydrogen-bond donors (Lipinski definition) is 0. The predicted octanol–water partition coefficient (Wildman–Crippen LogP) is 5.02. The third-order valence-electron chi connectivity index (χ3n) is 4.56. The molecule has 0 aromatic heterocycles. The average Bonchev–Trinajstić information content (AvgIpc) is 2.25. The van der Waals surface area contributed by atoms with E-state index in [4.69, 9.17) is 11.6 Å². The van der Waals surface area contributed by atoms with Crippen molar-refractivity contribution in [1.29, 1.82) is 0 Å². The minimum atomic E-state index is 0.813. The third kappa shape index (κ3) is 2.83. The fourth-order valence-corrected chi connectivity index (χ4v) is 3.98. The number of allylic oxidation sites excluding steroid dienone is 2. The summed E-state index contributed by atoms with van der Waals surface area (Å²) < 4.78 is 0. The van der Waals surface area contributed by atoms with Gasteiger partial charge in [-0.25, -0.2) is 0 Å². The van der Waals surface area contributed by atoms with Crippen LogP contribution >= 0.6 is 11.6 Å². The van der Waals surface area contributed by atoms with Crippen LogP contribution in [0.3, 0.4) is 0 Å². The van der Waals surface area contributed by atoms with Crippen LogP contribution in [0.4, 0.5) is 0 Å². The smallest absolute Gasteiger partial charge is 0.0223 e. The van der Waals surface area contributed by atoms with Gasteiger partial charge in [-0.3, -0.25) is 0 Å². The van der Waals surface area contributed by atoms with E-state index in [2.05, 4.69) is 19.9 Å². The molecule has 4 unspecified atom stereocenters. The van der Waals surface area contributed by atoms with Gasteiger partial charge in [0.25, 0.3) is 0 Å². The average molecular weight is 241 g/mol. The van der Waals surface area contributed by atoms with Gasteiger partial charge in [0.15, 0.2) is 0 Å². The molecule has 1 fully saturated rings. The predicted molar refractivity (Wildman–Crippen MR) is 71.8 cm³/mol. The fourth-order valence-electron chi connectivity index (χ4n) is 3.83. The lowest BCUT2D eigenvalue weighted by atomic mass is 9.66. The molecule has 0 heterocycles. The van der Waals surface area contributed by atoms with E-state index in [1.807, 2.05) is 0 Å². The quantitative estimate of drug-likeness (QED) is 0.480. The Balaban J connectivity index is 1.96. The van der Waals surface area contributed by atoms with Crippen LogP contribution in [0.1, 0.15) is 52.4 Å². The zero-order valence-electron chi connectivity index (χ0n) is 10.7. The van der Waals surface area contributed by atoms with E-state index in [9.17, 15) is 0 Å². The van der Waals surface area contributed by atoms with E-state index in [0.29, 0.717) is 0 Å². The van der Waals surface area contributed by atoms with E-state index in [0.717, 1.165) is 29.6 Å². The summed E-state index contributed by atoms with van der Waals surface area (Å²) in [6.07, 6.45) is 10.8. The molecule has 0 N–H and O–H groups in total. The van der Waals surface area contributed by atoms with Crippen LogP contribution < -0.4 is 0 Å². The molecular weight excluding hydrogens is 216 g/mol. The molecule has 2 aliphatic carbocycles. The van der Waals surface area contributed by atoms with Gasteiger partial charge in [0.1, 0.15) is 0 Å². The molecule has 16 heavy (non-hydrogen) atoms. The monoisotopic (exact) mass is 240 g/mol. The van der Waals surface area contributed by atoms with Gasteiger partial charge in [0.2, 0.25) is 0 Å². The first-order valence-corrected chi connectivity index (χ1v) is 7.50. The van der Waals surface area contributed by atoms with Gasteiger partial charge in [0.05, 0.1) is 0 Å². The van der Waals surface area contributed by atoms with Crippen molar-refractivity contribution in [2.24, 2.45) is 23.7 Å². The highest BCUT2D eigenvalue weighted by atomic mass is 35.5. The molecule has 0 amide bonds. The maximum Gasteiger partial charge on any atom is 0.0223 e. The zero-order chi connectivity index (χ0) is 11.5. The van der Waals surface area contributed by atoms with Crippen molar-refractivity contribution >= 4 is 11.6 Å². The summed E-state index contributed by atoms with van der Waals surface area (Å²) in [6.45, 7) is 4.83. The molecule has 0 aromatic carbocycles. The zero-order valence-corrected chi connectivity index (χ0v) is 11.5. The van der Waals surface area contributed by atoms with Crippen LogP contribution in [-0.4, -0.2) is 5.88 Å². The van der Waals surface area contributed by atoms with Crippen LogP contribution in [0, 0.1) is 23.7 Å². The minimum Gasteiger partial charge on any atom is -0.127 e. The topological polar surface area (TPSA) is 0 Å². The van der Waals surface area contributed by atoms with Gasteiger partial charge in [-0.1, -0.05) is 25.5 Å². The summed E-state index contributed by atoms with van der Waals surface area (Å²) in [4.78, 5) is 0. The number of fused-ring (bicyclic) bond motifs is 1. The normalized spacial score (nSPS) is 39.1. The van der Waals surface area contributed by atoms with Gasteiger partial charge in [-0.15, -0.1) is 11.6 Å². The van der Waals surface area contributed by atoms with Gasteiger partial charge >= 0.3 is 0 Å². The van der Waals surface area contributed by atoms with Gasteiger partial charge in [0, 0.05) is 5.88 Å². The van der Waals surface area contributed by atoms with Crippen molar-refractivity contribution in [2.75, 3.05) is 5.88 Å². The van der Waals surface area contributed by atoms with E-state index < -0.39 is 0 Å². The summed E-state index contributed by atoms with van der Waals surface area (Å²) in [5.74, 6) is 4.42. The highest BCUT2D eigenvalue weighted by Gasteiger charge is 2.32. The van der Waals surface area contributed by atoms with E-state index in [1.54, 1.807) is 5.57 Å². The Hall–Kier alpha value is 0.0300. The lowest BCUT2D eigenvalue weighted by Crippen LogP contribution is -2.27. The number of halogens is 1. The molecule has 2 rings (SSSR count). The largest absolute Gasteiger partial charge is 0.127 e. The maximum absolute atomic E-state index is 5.79. The Morgan fingerprint density at radius 3 is 2.88 bits per heavy atom. The molecule has 1 heteroatoms. The van der Waals surface area contributed by atoms with E-state index in [-0.39, 0.29) is 0 Å². The fraction of sp³-hybridized carbons (Fsp3) is 0.867. The van der Waals surface area contributed by atoms with Crippen molar-refractivity contribution < 1.29 is 0 Å². The number of alkyl halides is 1. The molecule has 4 atom stereocenters. The van der Waals surface area contributed by atoms with Crippen LogP contribution in [0.5, 0.6) is 0 Å². The summed E-state index contributed by atoms with van der Waals surface area (Å²) in [6, 6.07) is 0. The highest BCUT2D eigenvalue weighted by molar-refractivity contribution is 6.17. The second kappa shape index (κ2) is 5.58. The number of hydrogen-bond acceptors (Lipinski definition) is 0. The Kier molecular flexibility index (Phi) is 4.35. The molecule has 0 radical (unpaired) electrons. The number of rotatable bonds is 3. The molecule has 0 aromatic rings. The molecule has 0 saturated heterocycles. The van der Waals surface area contributed by atoms with Crippen molar-refractivity contribution in [2.45, 2.75) is 52.4 Å². The molecule has 92 valence electrons.